The molecule has 2 aliphatic heterocycles. The molecule has 2 atom stereocenters. The number of rotatable bonds is 3. The third-order valence-electron chi connectivity index (χ3n) is 8.23. The second-order valence-electron chi connectivity index (χ2n) is 11.1. The number of morpholine rings is 2. The minimum absolute atomic E-state index is 0. The zero-order valence-electron chi connectivity index (χ0n) is 24.5. The van der Waals surface area contributed by atoms with E-state index in [-0.39, 0.29) is 30.8 Å². The van der Waals surface area contributed by atoms with Gasteiger partial charge in [0.15, 0.2) is 11.6 Å². The zero-order valence-corrected chi connectivity index (χ0v) is 29.3. The smallest absolute Gasteiger partial charge is 0.174 e. The highest BCUT2D eigenvalue weighted by molar-refractivity contribution is 9.11. The molecule has 0 spiro atoms. The summed E-state index contributed by atoms with van der Waals surface area (Å²) in [7, 11) is 0. The van der Waals surface area contributed by atoms with Gasteiger partial charge in [0.2, 0.25) is 0 Å². The van der Waals surface area contributed by atoms with E-state index in [0.717, 1.165) is 87.3 Å². The molecule has 4 aromatic rings. The molecule has 11 heteroatoms. The fourth-order valence-electron chi connectivity index (χ4n) is 5.94. The molecule has 1 N–H and O–H groups in total. The van der Waals surface area contributed by atoms with Crippen LogP contribution in [0.2, 0.25) is 10.0 Å². The molecule has 6 nitrogen and oxygen atoms in total. The van der Waals surface area contributed by atoms with Gasteiger partial charge in [-0.3, -0.25) is 9.59 Å². The van der Waals surface area contributed by atoms with Gasteiger partial charge in [0.25, 0.3) is 0 Å². The van der Waals surface area contributed by atoms with E-state index >= 15 is 0 Å². The number of anilines is 1. The quantitative estimate of drug-likeness (QED) is 0.225. The van der Waals surface area contributed by atoms with Crippen LogP contribution < -0.4 is 10.2 Å². The first-order valence-electron chi connectivity index (χ1n) is 15.0. The molecule has 0 saturated carbocycles. The van der Waals surface area contributed by atoms with Gasteiger partial charge in [-0.25, -0.2) is 0 Å². The van der Waals surface area contributed by atoms with Gasteiger partial charge < -0.3 is 19.7 Å². The summed E-state index contributed by atoms with van der Waals surface area (Å²) < 4.78 is 11.4. The lowest BCUT2D eigenvalue weighted by Crippen LogP contribution is -2.35. The van der Waals surface area contributed by atoms with E-state index < -0.39 is 0 Å². The van der Waals surface area contributed by atoms with E-state index in [1.165, 1.54) is 27.5 Å². The van der Waals surface area contributed by atoms with E-state index in [1.807, 2.05) is 48.5 Å². The Morgan fingerprint density at radius 1 is 0.717 bits per heavy atom. The standard InChI is InChI=1S/C17H16ClNO2S.C13H8BrClOS.C4H9NO.CH4/c18-12-3-1-11(2-4-12)13-9-15(20)17-14(13)10-16(22-17)19-5-7-21-8-6-19;14-12-6-10-9(5-11(16)13(10)17-12)7-1-3-8(15)4-2-7;1-3-6-4-2-5-1;/h1-4,10,13H,5-9H2;1-4,6,9H,5H2;5H,1-4H2;1H4. The number of benzene rings is 2. The molecule has 2 unspecified atom stereocenters. The van der Waals surface area contributed by atoms with Crippen LogP contribution in [0.25, 0.3) is 0 Å². The van der Waals surface area contributed by atoms with Crippen LogP contribution in [-0.2, 0) is 9.47 Å². The van der Waals surface area contributed by atoms with Gasteiger partial charge in [0.05, 0.1) is 45.0 Å². The SMILES string of the molecule is C.C1COCCN1.O=C1CC(c2ccc(Cl)cc2)c2cc(Br)sc21.O=C1CC(c2ccc(Cl)cc2)c2cc(N3CCOCC3)sc21. The second kappa shape index (κ2) is 16.3. The number of ketones is 2. The summed E-state index contributed by atoms with van der Waals surface area (Å²) >= 11 is 18.5. The molecule has 4 aliphatic rings. The van der Waals surface area contributed by atoms with Gasteiger partial charge in [0, 0.05) is 60.9 Å². The van der Waals surface area contributed by atoms with Gasteiger partial charge in [-0.15, -0.1) is 22.7 Å². The topological polar surface area (TPSA) is 67.9 Å². The lowest BCUT2D eigenvalue weighted by atomic mass is 9.94. The first kappa shape index (κ1) is 35.2. The number of hydrogen-bond acceptors (Lipinski definition) is 8. The predicted molar refractivity (Wildman–Crippen MR) is 194 cm³/mol. The van der Waals surface area contributed by atoms with Crippen LogP contribution in [-0.4, -0.2) is 64.2 Å². The van der Waals surface area contributed by atoms with Gasteiger partial charge >= 0.3 is 0 Å². The van der Waals surface area contributed by atoms with Crippen molar-refractivity contribution < 1.29 is 19.1 Å². The average Bonchev–Trinajstić information content (AvgIpc) is 3.82. The first-order valence-corrected chi connectivity index (χ1v) is 18.2. The summed E-state index contributed by atoms with van der Waals surface area (Å²) in [5.41, 5.74) is 4.66. The number of fused-ring (bicyclic) bond motifs is 2. The fraction of sp³-hybridized carbons (Fsp3) is 0.371. The van der Waals surface area contributed by atoms with Crippen molar-refractivity contribution in [2.45, 2.75) is 32.1 Å². The zero-order chi connectivity index (χ0) is 31.3. The van der Waals surface area contributed by atoms with Crippen LogP contribution in [0.4, 0.5) is 5.00 Å². The number of carbonyl (C=O) groups excluding carboxylic acids is 2. The van der Waals surface area contributed by atoms with Gasteiger partial charge in [-0.05, 0) is 74.6 Å². The molecule has 2 fully saturated rings. The van der Waals surface area contributed by atoms with Gasteiger partial charge in [0.1, 0.15) is 0 Å². The number of hydrogen-bond donors (Lipinski definition) is 1. The summed E-state index contributed by atoms with van der Waals surface area (Å²) in [6.07, 6.45) is 1.16. The molecule has 8 rings (SSSR count). The maximum Gasteiger partial charge on any atom is 0.174 e. The Labute approximate surface area is 297 Å². The van der Waals surface area contributed by atoms with Crippen LogP contribution in [0.3, 0.4) is 0 Å². The minimum Gasteiger partial charge on any atom is -0.379 e. The number of carbonyl (C=O) groups is 2. The van der Waals surface area contributed by atoms with Crippen molar-refractivity contribution in [2.75, 3.05) is 57.5 Å². The molecule has 0 bridgehead atoms. The predicted octanol–water partition coefficient (Wildman–Crippen LogP) is 9.08. The highest BCUT2D eigenvalue weighted by Crippen LogP contribution is 2.46. The van der Waals surface area contributed by atoms with E-state index in [0.29, 0.717) is 12.8 Å². The highest BCUT2D eigenvalue weighted by atomic mass is 79.9. The summed E-state index contributed by atoms with van der Waals surface area (Å²) in [5.74, 6) is 0.873. The number of halogens is 3. The number of Topliss-reactive ketones (excluding diaryl/α,β-unsaturated/α-hetero) is 2. The Morgan fingerprint density at radius 3 is 1.67 bits per heavy atom. The number of nitrogens with one attached hydrogen (secondary N) is 1. The second-order valence-corrected chi connectivity index (χ2v) is 15.5. The Morgan fingerprint density at radius 2 is 1.20 bits per heavy atom. The normalized spacial score (nSPS) is 20.1. The third-order valence-corrected chi connectivity index (χ3v) is 11.7. The Bertz CT molecular complexity index is 1620. The van der Waals surface area contributed by atoms with Crippen molar-refractivity contribution in [1.29, 1.82) is 0 Å². The molecule has 0 radical (unpaired) electrons. The molecule has 0 amide bonds. The van der Waals surface area contributed by atoms with Gasteiger partial charge in [-0.2, -0.15) is 0 Å². The van der Waals surface area contributed by atoms with Gasteiger partial charge in [-0.1, -0.05) is 54.9 Å². The van der Waals surface area contributed by atoms with Crippen molar-refractivity contribution >= 4 is 78.4 Å². The van der Waals surface area contributed by atoms with Crippen LogP contribution >= 0.6 is 61.8 Å². The third kappa shape index (κ3) is 8.31. The number of thiophene rings is 2. The Kier molecular flexibility index (Phi) is 12.5. The summed E-state index contributed by atoms with van der Waals surface area (Å²) in [6, 6.07) is 19.9. The van der Waals surface area contributed by atoms with Crippen LogP contribution in [0.5, 0.6) is 0 Å². The monoisotopic (exact) mass is 762 g/mol. The molecule has 2 saturated heterocycles. The van der Waals surface area contributed by atoms with Crippen molar-refractivity contribution in [3.8, 4) is 0 Å². The largest absolute Gasteiger partial charge is 0.379 e. The van der Waals surface area contributed by atoms with Crippen molar-refractivity contribution in [3.05, 3.63) is 107 Å². The van der Waals surface area contributed by atoms with Crippen LogP contribution in [0.15, 0.2) is 64.5 Å². The molecular weight excluding hydrogens is 727 g/mol. The molecular formula is C35H37BrCl2N2O4S2. The molecule has 2 aromatic carbocycles. The summed E-state index contributed by atoms with van der Waals surface area (Å²) in [5, 5.41) is 5.81. The Balaban J connectivity index is 0.000000154. The molecule has 244 valence electrons. The summed E-state index contributed by atoms with van der Waals surface area (Å²) in [4.78, 5) is 28.4. The molecule has 4 heterocycles. The van der Waals surface area contributed by atoms with Crippen LogP contribution in [0, 0.1) is 0 Å². The van der Waals surface area contributed by atoms with E-state index in [4.69, 9.17) is 32.7 Å². The molecule has 2 aromatic heterocycles. The van der Waals surface area contributed by atoms with Crippen molar-refractivity contribution in [3.63, 3.8) is 0 Å². The average molecular weight is 765 g/mol. The Hall–Kier alpha value is -2.08. The minimum atomic E-state index is 0. The lowest BCUT2D eigenvalue weighted by Gasteiger charge is -2.27. The maximum atomic E-state index is 12.4. The number of ether oxygens (including phenoxy) is 2. The van der Waals surface area contributed by atoms with Crippen molar-refractivity contribution in [2.24, 2.45) is 0 Å². The van der Waals surface area contributed by atoms with Crippen molar-refractivity contribution in [1.82, 2.24) is 5.32 Å². The highest BCUT2D eigenvalue weighted by Gasteiger charge is 2.34. The first-order chi connectivity index (χ1) is 21.9. The maximum absolute atomic E-state index is 12.4. The number of nitrogens with zero attached hydrogens (tertiary/aromatic N) is 1. The lowest BCUT2D eigenvalue weighted by molar-refractivity contribution is 0.0986. The van der Waals surface area contributed by atoms with E-state index in [9.17, 15) is 9.59 Å². The van der Waals surface area contributed by atoms with E-state index in [1.54, 1.807) is 11.3 Å². The van der Waals surface area contributed by atoms with E-state index in [2.05, 4.69) is 38.3 Å². The molecule has 2 aliphatic carbocycles. The van der Waals surface area contributed by atoms with Crippen LogP contribution in [0.1, 0.15) is 73.7 Å². The molecule has 46 heavy (non-hydrogen) atoms. The summed E-state index contributed by atoms with van der Waals surface area (Å²) in [6.45, 7) is 7.16. The fourth-order valence-corrected chi connectivity index (χ4v) is 9.04.